The Kier molecular flexibility index (Phi) is 5.65. The number of nitrogens with one attached hydrogen (secondary N) is 1. The van der Waals surface area contributed by atoms with Crippen molar-refractivity contribution in [2.45, 2.75) is 45.0 Å². The van der Waals surface area contributed by atoms with Crippen molar-refractivity contribution in [2.75, 3.05) is 11.9 Å². The highest BCUT2D eigenvalue weighted by Gasteiger charge is 2.42. The zero-order valence-corrected chi connectivity index (χ0v) is 15.5. The summed E-state index contributed by atoms with van der Waals surface area (Å²) < 4.78 is 45.7. The molecule has 9 heteroatoms. The minimum atomic E-state index is -1.40. The van der Waals surface area contributed by atoms with Crippen LogP contribution in [0.2, 0.25) is 0 Å². The number of hydrogen-bond acceptors (Lipinski definition) is 3. The zero-order chi connectivity index (χ0) is 18.9. The Balaban J connectivity index is 2.16. The van der Waals surface area contributed by atoms with Crippen molar-refractivity contribution in [2.24, 2.45) is 0 Å². The van der Waals surface area contributed by atoms with E-state index in [1.165, 1.54) is 0 Å². The molecule has 0 radical (unpaired) electrons. The fourth-order valence-electron chi connectivity index (χ4n) is 2.39. The van der Waals surface area contributed by atoms with Gasteiger partial charge in [0.05, 0.1) is 16.7 Å². The van der Waals surface area contributed by atoms with Gasteiger partial charge in [0.15, 0.2) is 5.82 Å². The van der Waals surface area contributed by atoms with E-state index in [2.05, 4.69) is 21.2 Å². The molecule has 2 rings (SSSR count). The van der Waals surface area contributed by atoms with Crippen LogP contribution in [-0.4, -0.2) is 41.3 Å². The summed E-state index contributed by atoms with van der Waals surface area (Å²) in [5, 5.41) is 2.26. The van der Waals surface area contributed by atoms with E-state index >= 15 is 0 Å². The largest absolute Gasteiger partial charge is 0.444 e. The minimum absolute atomic E-state index is 0.227. The van der Waals surface area contributed by atoms with Crippen molar-refractivity contribution in [1.82, 2.24) is 4.90 Å². The van der Waals surface area contributed by atoms with Crippen molar-refractivity contribution in [1.29, 1.82) is 0 Å². The number of nitrogens with zero attached hydrogens (tertiary/aromatic N) is 1. The summed E-state index contributed by atoms with van der Waals surface area (Å²) in [6, 6.07) is 0.877. The number of anilines is 1. The number of alkyl halides is 1. The SMILES string of the molecule is CC(C)(C)OC(=O)N1C[C@H](F)C[C@H]1C(=O)Nc1ccc(F)c(Br)c1F. The Morgan fingerprint density at radius 3 is 2.56 bits per heavy atom. The van der Waals surface area contributed by atoms with Gasteiger partial charge in [-0.15, -0.1) is 0 Å². The summed E-state index contributed by atoms with van der Waals surface area (Å²) >= 11 is 2.74. The van der Waals surface area contributed by atoms with Crippen LogP contribution in [0.3, 0.4) is 0 Å². The Bertz CT molecular complexity index is 694. The number of ether oxygens (including phenoxy) is 1. The number of likely N-dealkylation sites (tertiary alicyclic amines) is 1. The second kappa shape index (κ2) is 7.23. The van der Waals surface area contributed by atoms with Crippen LogP contribution in [-0.2, 0) is 9.53 Å². The molecule has 0 bridgehead atoms. The summed E-state index contributed by atoms with van der Waals surface area (Å²) in [5.41, 5.74) is -1.08. The fourth-order valence-corrected chi connectivity index (χ4v) is 2.74. The van der Waals surface area contributed by atoms with E-state index in [1.807, 2.05) is 0 Å². The van der Waals surface area contributed by atoms with Gasteiger partial charge in [0, 0.05) is 6.42 Å². The predicted octanol–water partition coefficient (Wildman–Crippen LogP) is 4.01. The standard InChI is InChI=1S/C16H18BrF3N2O3/c1-16(2,3)25-15(24)22-7-8(18)6-11(22)14(23)21-10-5-4-9(19)12(17)13(10)20/h4-5,8,11H,6-7H2,1-3H3,(H,21,23)/t8-,11+/m1/s1. The third-order valence-corrected chi connectivity index (χ3v) is 4.20. The molecule has 2 amide bonds. The topological polar surface area (TPSA) is 58.6 Å². The average Bonchev–Trinajstić information content (AvgIpc) is 2.88. The van der Waals surface area contributed by atoms with E-state index in [4.69, 9.17) is 4.74 Å². The van der Waals surface area contributed by atoms with Crippen molar-refractivity contribution >= 4 is 33.6 Å². The molecule has 0 unspecified atom stereocenters. The first kappa shape index (κ1) is 19.6. The Labute approximate surface area is 151 Å². The van der Waals surface area contributed by atoms with Gasteiger partial charge in [0.1, 0.15) is 23.6 Å². The first-order valence-electron chi connectivity index (χ1n) is 7.57. The molecule has 1 heterocycles. The summed E-state index contributed by atoms with van der Waals surface area (Å²) in [6.45, 7) is 4.65. The Hall–Kier alpha value is -1.77. The van der Waals surface area contributed by atoms with Crippen LogP contribution in [0.4, 0.5) is 23.7 Å². The van der Waals surface area contributed by atoms with Crippen molar-refractivity contribution in [3.05, 3.63) is 28.2 Å². The normalized spacial score (nSPS) is 20.5. The molecular formula is C16H18BrF3N2O3. The average molecular weight is 423 g/mol. The van der Waals surface area contributed by atoms with Gasteiger partial charge >= 0.3 is 6.09 Å². The smallest absolute Gasteiger partial charge is 0.411 e. The van der Waals surface area contributed by atoms with Crippen LogP contribution >= 0.6 is 15.9 Å². The number of amides is 2. The molecule has 1 saturated heterocycles. The first-order chi connectivity index (χ1) is 11.5. The van der Waals surface area contributed by atoms with E-state index in [-0.39, 0.29) is 18.7 Å². The molecule has 138 valence electrons. The second-order valence-corrected chi connectivity index (χ2v) is 7.49. The van der Waals surface area contributed by atoms with Crippen LogP contribution in [0.5, 0.6) is 0 Å². The van der Waals surface area contributed by atoms with Crippen LogP contribution < -0.4 is 5.32 Å². The molecule has 5 nitrogen and oxygen atoms in total. The van der Waals surface area contributed by atoms with E-state index in [1.54, 1.807) is 20.8 Å². The number of halogens is 4. The highest BCUT2D eigenvalue weighted by molar-refractivity contribution is 9.10. The first-order valence-corrected chi connectivity index (χ1v) is 8.37. The monoisotopic (exact) mass is 422 g/mol. The van der Waals surface area contributed by atoms with Gasteiger partial charge in [-0.2, -0.15) is 0 Å². The zero-order valence-electron chi connectivity index (χ0n) is 13.9. The van der Waals surface area contributed by atoms with E-state index in [0.717, 1.165) is 17.0 Å². The molecule has 2 atom stereocenters. The summed E-state index contributed by atoms with van der Waals surface area (Å²) in [6.07, 6.45) is -2.45. The lowest BCUT2D eigenvalue weighted by atomic mass is 10.2. The lowest BCUT2D eigenvalue weighted by Crippen LogP contribution is -2.45. The van der Waals surface area contributed by atoms with Crippen molar-refractivity contribution in [3.8, 4) is 0 Å². The molecule has 1 aromatic carbocycles. The van der Waals surface area contributed by atoms with E-state index in [0.29, 0.717) is 0 Å². The molecule has 1 aromatic rings. The summed E-state index contributed by atoms with van der Waals surface area (Å²) in [4.78, 5) is 25.5. The number of carbonyl (C=O) groups excluding carboxylic acids is 2. The number of hydrogen-bond donors (Lipinski definition) is 1. The molecule has 0 aromatic heterocycles. The minimum Gasteiger partial charge on any atom is -0.444 e. The quantitative estimate of drug-likeness (QED) is 0.732. The van der Waals surface area contributed by atoms with Gasteiger partial charge < -0.3 is 10.1 Å². The van der Waals surface area contributed by atoms with Crippen LogP contribution in [0.15, 0.2) is 16.6 Å². The molecule has 25 heavy (non-hydrogen) atoms. The third kappa shape index (κ3) is 4.65. The molecule has 0 spiro atoms. The van der Waals surface area contributed by atoms with Crippen LogP contribution in [0.25, 0.3) is 0 Å². The maximum Gasteiger partial charge on any atom is 0.411 e. The highest BCUT2D eigenvalue weighted by Crippen LogP contribution is 2.28. The van der Waals surface area contributed by atoms with Gasteiger partial charge in [-0.05, 0) is 48.8 Å². The second-order valence-electron chi connectivity index (χ2n) is 6.69. The van der Waals surface area contributed by atoms with Gasteiger partial charge in [-0.1, -0.05) is 0 Å². The fraction of sp³-hybridized carbons (Fsp3) is 0.500. The number of carbonyl (C=O) groups is 2. The molecular weight excluding hydrogens is 405 g/mol. The van der Waals surface area contributed by atoms with Crippen molar-refractivity contribution in [3.63, 3.8) is 0 Å². The molecule has 1 fully saturated rings. The third-order valence-electron chi connectivity index (χ3n) is 3.47. The number of rotatable bonds is 2. The Morgan fingerprint density at radius 2 is 1.96 bits per heavy atom. The van der Waals surface area contributed by atoms with Gasteiger partial charge in [-0.3, -0.25) is 9.69 Å². The highest BCUT2D eigenvalue weighted by atomic mass is 79.9. The van der Waals surface area contributed by atoms with Crippen LogP contribution in [0.1, 0.15) is 27.2 Å². The molecule has 0 saturated carbocycles. The van der Waals surface area contributed by atoms with Gasteiger partial charge in [-0.25, -0.2) is 18.0 Å². The van der Waals surface area contributed by atoms with Crippen molar-refractivity contribution < 1.29 is 27.5 Å². The molecule has 1 aliphatic heterocycles. The summed E-state index contributed by atoms with van der Waals surface area (Å²) in [5.74, 6) is -2.59. The van der Waals surface area contributed by atoms with E-state index < -0.39 is 45.9 Å². The number of benzene rings is 1. The van der Waals surface area contributed by atoms with Gasteiger partial charge in [0.25, 0.3) is 0 Å². The van der Waals surface area contributed by atoms with E-state index in [9.17, 15) is 22.8 Å². The van der Waals surface area contributed by atoms with Gasteiger partial charge in [0.2, 0.25) is 5.91 Å². The molecule has 0 aliphatic carbocycles. The maximum absolute atomic E-state index is 14.0. The molecule has 1 aliphatic rings. The van der Waals surface area contributed by atoms with Crippen LogP contribution in [0, 0.1) is 11.6 Å². The summed E-state index contributed by atoms with van der Waals surface area (Å²) in [7, 11) is 0. The Morgan fingerprint density at radius 1 is 1.32 bits per heavy atom. The maximum atomic E-state index is 14.0. The lowest BCUT2D eigenvalue weighted by molar-refractivity contribution is -0.120. The molecule has 1 N–H and O–H groups in total. The lowest BCUT2D eigenvalue weighted by Gasteiger charge is -2.27. The predicted molar refractivity (Wildman–Crippen MR) is 88.9 cm³/mol.